The number of fused-ring (bicyclic) bond motifs is 1. The molecule has 0 bridgehead atoms. The van der Waals surface area contributed by atoms with Gasteiger partial charge in [0.05, 0.1) is 0 Å². The summed E-state index contributed by atoms with van der Waals surface area (Å²) in [6.07, 6.45) is 14.6. The zero-order chi connectivity index (χ0) is 8.39. The average Bonchev–Trinajstić information content (AvgIpc) is 2.25. The minimum atomic E-state index is 0.631. The van der Waals surface area contributed by atoms with Gasteiger partial charge >= 0.3 is 0 Å². The summed E-state index contributed by atoms with van der Waals surface area (Å²) >= 11 is 0. The van der Waals surface area contributed by atoms with Gasteiger partial charge in [0.2, 0.25) is 0 Å². The Bertz CT molecular complexity index is 253. The third-order valence-corrected chi connectivity index (χ3v) is 2.73. The van der Waals surface area contributed by atoms with Crippen LogP contribution in [0.1, 0.15) is 32.6 Å². The Balaban J connectivity index is 2.28. The molecule has 1 saturated carbocycles. The van der Waals surface area contributed by atoms with Gasteiger partial charge < -0.3 is 0 Å². The third kappa shape index (κ3) is 1.52. The van der Waals surface area contributed by atoms with Crippen molar-refractivity contribution in [2.24, 2.45) is 5.92 Å². The predicted molar refractivity (Wildman–Crippen MR) is 52.9 cm³/mol. The third-order valence-electron chi connectivity index (χ3n) is 2.73. The van der Waals surface area contributed by atoms with Crippen LogP contribution in [0, 0.1) is 5.92 Å². The molecule has 2 rings (SSSR count). The molecule has 0 amide bonds. The van der Waals surface area contributed by atoms with E-state index in [2.05, 4.69) is 31.2 Å². The largest absolute Gasteiger partial charge is 0.0779 e. The van der Waals surface area contributed by atoms with Gasteiger partial charge in [-0.25, -0.2) is 0 Å². The van der Waals surface area contributed by atoms with Crippen molar-refractivity contribution in [2.45, 2.75) is 32.6 Å². The highest BCUT2D eigenvalue weighted by molar-refractivity contribution is 5.38. The first-order valence-corrected chi connectivity index (χ1v) is 4.95. The van der Waals surface area contributed by atoms with Crippen LogP contribution >= 0.6 is 0 Å². The van der Waals surface area contributed by atoms with E-state index in [0.29, 0.717) is 5.92 Å². The molecular weight excluding hydrogens is 144 g/mol. The lowest BCUT2D eigenvalue weighted by molar-refractivity contribution is 0.674. The summed E-state index contributed by atoms with van der Waals surface area (Å²) in [6.45, 7) is 2.26. The van der Waals surface area contributed by atoms with Crippen molar-refractivity contribution in [3.05, 3.63) is 35.5 Å². The first-order valence-electron chi connectivity index (χ1n) is 4.95. The van der Waals surface area contributed by atoms with Gasteiger partial charge in [0, 0.05) is 0 Å². The van der Waals surface area contributed by atoms with Crippen molar-refractivity contribution >= 4 is 0 Å². The molecule has 0 aromatic heterocycles. The molecule has 12 heavy (non-hydrogen) atoms. The molecule has 0 heteroatoms. The van der Waals surface area contributed by atoms with Crippen LogP contribution in [0.4, 0.5) is 0 Å². The fraction of sp³-hybridized carbons (Fsp3) is 0.500. The Hall–Kier alpha value is -0.780. The van der Waals surface area contributed by atoms with Crippen LogP contribution in [0.5, 0.6) is 0 Å². The van der Waals surface area contributed by atoms with Crippen LogP contribution in [0.15, 0.2) is 35.5 Å². The van der Waals surface area contributed by atoms with Crippen LogP contribution in [0.3, 0.4) is 0 Å². The molecule has 64 valence electrons. The monoisotopic (exact) mass is 160 g/mol. The summed E-state index contributed by atoms with van der Waals surface area (Å²) in [4.78, 5) is 0. The van der Waals surface area contributed by atoms with E-state index in [9.17, 15) is 0 Å². The lowest BCUT2D eigenvalue weighted by atomic mass is 9.88. The molecule has 0 radical (unpaired) electrons. The quantitative estimate of drug-likeness (QED) is 0.507. The summed E-state index contributed by atoms with van der Waals surface area (Å²) in [7, 11) is 0. The zero-order valence-electron chi connectivity index (χ0n) is 7.72. The topological polar surface area (TPSA) is 0 Å². The van der Waals surface area contributed by atoms with E-state index >= 15 is 0 Å². The zero-order valence-corrected chi connectivity index (χ0v) is 7.72. The van der Waals surface area contributed by atoms with E-state index in [4.69, 9.17) is 0 Å². The molecular formula is C12H16. The maximum Gasteiger partial charge on any atom is -0.00728 e. The van der Waals surface area contributed by atoms with Crippen LogP contribution < -0.4 is 0 Å². The second-order valence-electron chi connectivity index (χ2n) is 3.83. The Labute approximate surface area is 74.7 Å². The van der Waals surface area contributed by atoms with Gasteiger partial charge in [0.15, 0.2) is 0 Å². The SMILES string of the molecule is CC1C=CC=C2CCCCC2=C1. The van der Waals surface area contributed by atoms with Gasteiger partial charge in [-0.2, -0.15) is 0 Å². The molecule has 0 nitrogen and oxygen atoms in total. The maximum atomic E-state index is 2.43. The highest BCUT2D eigenvalue weighted by Crippen LogP contribution is 2.31. The normalized spacial score (nSPS) is 28.6. The fourth-order valence-corrected chi connectivity index (χ4v) is 2.05. The van der Waals surface area contributed by atoms with Crippen molar-refractivity contribution in [1.82, 2.24) is 0 Å². The van der Waals surface area contributed by atoms with Gasteiger partial charge in [-0.15, -0.1) is 0 Å². The van der Waals surface area contributed by atoms with Gasteiger partial charge in [0.25, 0.3) is 0 Å². The number of rotatable bonds is 0. The van der Waals surface area contributed by atoms with Crippen LogP contribution in [-0.4, -0.2) is 0 Å². The van der Waals surface area contributed by atoms with E-state index in [1.54, 1.807) is 11.1 Å². The molecule has 2 aliphatic carbocycles. The summed E-state index contributed by atoms with van der Waals surface area (Å²) in [5.74, 6) is 0.631. The first-order chi connectivity index (χ1) is 5.86. The standard InChI is InChI=1S/C12H16/c1-10-5-4-8-11-6-2-3-7-12(11)9-10/h4-5,8-10H,2-3,6-7H2,1H3. The van der Waals surface area contributed by atoms with Crippen LogP contribution in [-0.2, 0) is 0 Å². The van der Waals surface area contributed by atoms with Crippen LogP contribution in [0.2, 0.25) is 0 Å². The Morgan fingerprint density at radius 2 is 1.92 bits per heavy atom. The highest BCUT2D eigenvalue weighted by Gasteiger charge is 2.12. The van der Waals surface area contributed by atoms with Crippen molar-refractivity contribution in [3.8, 4) is 0 Å². The lowest BCUT2D eigenvalue weighted by Gasteiger charge is -2.17. The molecule has 0 aliphatic heterocycles. The van der Waals surface area contributed by atoms with Crippen molar-refractivity contribution < 1.29 is 0 Å². The Morgan fingerprint density at radius 1 is 1.17 bits per heavy atom. The van der Waals surface area contributed by atoms with E-state index in [1.165, 1.54) is 25.7 Å². The van der Waals surface area contributed by atoms with E-state index in [-0.39, 0.29) is 0 Å². The fourth-order valence-electron chi connectivity index (χ4n) is 2.05. The van der Waals surface area contributed by atoms with Crippen molar-refractivity contribution in [1.29, 1.82) is 0 Å². The minimum absolute atomic E-state index is 0.631. The van der Waals surface area contributed by atoms with E-state index in [0.717, 1.165) is 0 Å². The number of hydrogen-bond acceptors (Lipinski definition) is 0. The molecule has 0 aromatic carbocycles. The average molecular weight is 160 g/mol. The van der Waals surface area contributed by atoms with Gasteiger partial charge in [0.1, 0.15) is 0 Å². The molecule has 1 atom stereocenters. The van der Waals surface area contributed by atoms with Gasteiger partial charge in [-0.1, -0.05) is 31.2 Å². The molecule has 1 unspecified atom stereocenters. The summed E-state index contributed by atoms with van der Waals surface area (Å²) in [5, 5.41) is 0. The first kappa shape index (κ1) is 7.85. The number of allylic oxidation sites excluding steroid dienone is 6. The van der Waals surface area contributed by atoms with Crippen molar-refractivity contribution in [3.63, 3.8) is 0 Å². The molecule has 0 spiro atoms. The second kappa shape index (κ2) is 3.30. The van der Waals surface area contributed by atoms with Gasteiger partial charge in [-0.3, -0.25) is 0 Å². The van der Waals surface area contributed by atoms with E-state index in [1.807, 2.05) is 0 Å². The molecule has 0 saturated heterocycles. The number of hydrogen-bond donors (Lipinski definition) is 0. The molecule has 2 aliphatic rings. The molecule has 1 fully saturated rings. The smallest absolute Gasteiger partial charge is 0.00728 e. The van der Waals surface area contributed by atoms with Gasteiger partial charge in [-0.05, 0) is 42.7 Å². The predicted octanol–water partition coefficient (Wildman–Crippen LogP) is 3.62. The highest BCUT2D eigenvalue weighted by atomic mass is 14.2. The minimum Gasteiger partial charge on any atom is -0.0779 e. The Kier molecular flexibility index (Phi) is 2.16. The van der Waals surface area contributed by atoms with Crippen LogP contribution in [0.25, 0.3) is 0 Å². The molecule has 0 N–H and O–H groups in total. The summed E-state index contributed by atoms with van der Waals surface area (Å²) < 4.78 is 0. The summed E-state index contributed by atoms with van der Waals surface area (Å²) in [6, 6.07) is 0. The lowest BCUT2D eigenvalue weighted by Crippen LogP contribution is -1.98. The van der Waals surface area contributed by atoms with Crippen molar-refractivity contribution in [2.75, 3.05) is 0 Å². The molecule has 0 heterocycles. The van der Waals surface area contributed by atoms with E-state index < -0.39 is 0 Å². The maximum absolute atomic E-state index is 2.43. The summed E-state index contributed by atoms with van der Waals surface area (Å²) in [5.41, 5.74) is 3.20. The second-order valence-corrected chi connectivity index (χ2v) is 3.83. The Morgan fingerprint density at radius 3 is 2.75 bits per heavy atom. The molecule has 0 aromatic rings.